The van der Waals surface area contributed by atoms with Crippen molar-refractivity contribution in [1.29, 1.82) is 0 Å². The van der Waals surface area contributed by atoms with Gasteiger partial charge in [-0.25, -0.2) is 0 Å². The highest BCUT2D eigenvalue weighted by molar-refractivity contribution is 14.1. The lowest BCUT2D eigenvalue weighted by Gasteiger charge is -2.41. The van der Waals surface area contributed by atoms with Gasteiger partial charge in [0.2, 0.25) is 11.8 Å². The second kappa shape index (κ2) is 18.9. The average Bonchev–Trinajstić information content (AvgIpc) is 3.05. The SMILES string of the molecule is CCCCCCCC(=O)N(CCc1ccccc1OC)C1CC(C(=O)NCCO)=CC(Oc2c(I)cc(CO)cc2OC)C1O. The summed E-state index contributed by atoms with van der Waals surface area (Å²) in [7, 11) is 3.09. The first kappa shape index (κ1) is 36.6. The second-order valence-electron chi connectivity index (χ2n) is 11.1. The molecule has 0 aromatic heterocycles. The quantitative estimate of drug-likeness (QED) is 0.132. The largest absolute Gasteiger partial charge is 0.496 e. The monoisotopic (exact) mass is 738 g/mol. The van der Waals surface area contributed by atoms with Crippen molar-refractivity contribution in [3.05, 3.63) is 62.7 Å². The third kappa shape index (κ3) is 10.3. The number of nitrogens with one attached hydrogen (secondary N) is 1. The van der Waals surface area contributed by atoms with Crippen LogP contribution >= 0.6 is 22.6 Å². The fraction of sp³-hybridized carbons (Fsp3) is 0.529. The van der Waals surface area contributed by atoms with E-state index in [0.717, 1.165) is 37.7 Å². The van der Waals surface area contributed by atoms with E-state index >= 15 is 0 Å². The molecule has 0 saturated carbocycles. The fourth-order valence-corrected chi connectivity index (χ4v) is 6.34. The lowest BCUT2D eigenvalue weighted by Crippen LogP contribution is -2.55. The number of amides is 2. The van der Waals surface area contributed by atoms with Crippen LogP contribution in [0, 0.1) is 3.57 Å². The highest BCUT2D eigenvalue weighted by atomic mass is 127. The maximum atomic E-state index is 13.9. The lowest BCUT2D eigenvalue weighted by atomic mass is 9.87. The van der Waals surface area contributed by atoms with E-state index in [2.05, 4.69) is 34.8 Å². The van der Waals surface area contributed by atoms with Crippen LogP contribution in [0.2, 0.25) is 0 Å². The van der Waals surface area contributed by atoms with Gasteiger partial charge in [0, 0.05) is 31.5 Å². The first-order valence-electron chi connectivity index (χ1n) is 15.6. The van der Waals surface area contributed by atoms with Crippen LogP contribution in [0.25, 0.3) is 0 Å². The summed E-state index contributed by atoms with van der Waals surface area (Å²) < 4.78 is 18.1. The summed E-state index contributed by atoms with van der Waals surface area (Å²) in [6.45, 7) is 2.11. The lowest BCUT2D eigenvalue weighted by molar-refractivity contribution is -0.138. The van der Waals surface area contributed by atoms with E-state index in [1.54, 1.807) is 30.2 Å². The highest BCUT2D eigenvalue weighted by Gasteiger charge is 2.40. The Morgan fingerprint density at radius 1 is 1.04 bits per heavy atom. The Hall–Kier alpha value is -2.87. The average molecular weight is 739 g/mol. The number of para-hydroxylation sites is 1. The summed E-state index contributed by atoms with van der Waals surface area (Å²) in [6, 6.07) is 10.3. The van der Waals surface area contributed by atoms with Crippen molar-refractivity contribution in [3.8, 4) is 17.2 Å². The predicted molar refractivity (Wildman–Crippen MR) is 180 cm³/mol. The number of hydrogen-bond donors (Lipinski definition) is 4. The predicted octanol–water partition coefficient (Wildman–Crippen LogP) is 4.15. The Labute approximate surface area is 279 Å². The maximum Gasteiger partial charge on any atom is 0.247 e. The number of hydrogen-bond acceptors (Lipinski definition) is 8. The molecule has 0 spiro atoms. The molecule has 10 nitrogen and oxygen atoms in total. The van der Waals surface area contributed by atoms with Crippen molar-refractivity contribution in [2.45, 2.75) is 83.1 Å². The van der Waals surface area contributed by atoms with Crippen LogP contribution in [0.15, 0.2) is 48.0 Å². The maximum absolute atomic E-state index is 13.9. The van der Waals surface area contributed by atoms with Crippen LogP contribution < -0.4 is 19.5 Å². The van der Waals surface area contributed by atoms with E-state index < -0.39 is 24.2 Å². The zero-order valence-electron chi connectivity index (χ0n) is 26.5. The second-order valence-corrected chi connectivity index (χ2v) is 12.3. The van der Waals surface area contributed by atoms with Crippen LogP contribution in [0.5, 0.6) is 17.2 Å². The molecule has 3 rings (SSSR count). The number of ether oxygens (including phenoxy) is 3. The van der Waals surface area contributed by atoms with E-state index in [-0.39, 0.29) is 32.1 Å². The molecule has 2 aromatic carbocycles. The first-order chi connectivity index (χ1) is 21.8. The van der Waals surface area contributed by atoms with Crippen LogP contribution in [0.3, 0.4) is 0 Å². The van der Waals surface area contributed by atoms with Crippen LogP contribution in [-0.4, -0.2) is 84.2 Å². The van der Waals surface area contributed by atoms with Crippen molar-refractivity contribution in [2.24, 2.45) is 0 Å². The molecular formula is C34H47IN2O8. The molecule has 0 radical (unpaired) electrons. The van der Waals surface area contributed by atoms with Gasteiger partial charge in [-0.15, -0.1) is 0 Å². The molecule has 248 valence electrons. The molecule has 1 aliphatic carbocycles. The minimum absolute atomic E-state index is 0.0669. The standard InChI is InChI=1S/C34H47IN2O8/c1-4-5-6-7-8-13-31(40)37(16-14-24-11-9-10-12-28(24)43-2)27-20-25(34(42)36-15-17-38)21-29(32(27)41)45-33-26(35)18-23(22-39)19-30(33)44-3/h9-12,18-19,21,27,29,32,38-39,41H,4-8,13-17,20,22H2,1-3H3,(H,36,42). The minimum Gasteiger partial charge on any atom is -0.496 e. The van der Waals surface area contributed by atoms with Gasteiger partial charge in [0.15, 0.2) is 11.5 Å². The van der Waals surface area contributed by atoms with E-state index in [1.165, 1.54) is 7.11 Å². The van der Waals surface area contributed by atoms with Crippen LogP contribution in [-0.2, 0) is 22.6 Å². The number of aliphatic hydroxyl groups excluding tert-OH is 3. The normalized spacial score (nSPS) is 17.8. The zero-order chi connectivity index (χ0) is 32.8. The molecule has 4 N–H and O–H groups in total. The Morgan fingerprint density at radius 3 is 2.47 bits per heavy atom. The van der Waals surface area contributed by atoms with Crippen molar-refractivity contribution in [3.63, 3.8) is 0 Å². The van der Waals surface area contributed by atoms with Crippen molar-refractivity contribution < 1.29 is 39.1 Å². The van der Waals surface area contributed by atoms with Gasteiger partial charge in [-0.1, -0.05) is 50.8 Å². The van der Waals surface area contributed by atoms with Gasteiger partial charge >= 0.3 is 0 Å². The van der Waals surface area contributed by atoms with Gasteiger partial charge in [-0.05, 0) is 70.8 Å². The molecule has 0 bridgehead atoms. The number of rotatable bonds is 18. The Balaban J connectivity index is 1.98. The Bertz CT molecular complexity index is 1290. The summed E-state index contributed by atoms with van der Waals surface area (Å²) in [6.07, 6.45) is 5.31. The van der Waals surface area contributed by atoms with Gasteiger partial charge < -0.3 is 39.7 Å². The third-order valence-electron chi connectivity index (χ3n) is 7.97. The summed E-state index contributed by atoms with van der Waals surface area (Å²) in [5.74, 6) is 0.946. The van der Waals surface area contributed by atoms with Gasteiger partial charge in [0.1, 0.15) is 18.0 Å². The van der Waals surface area contributed by atoms with Gasteiger partial charge in [-0.2, -0.15) is 0 Å². The van der Waals surface area contributed by atoms with E-state index in [1.807, 2.05) is 24.3 Å². The third-order valence-corrected chi connectivity index (χ3v) is 8.77. The van der Waals surface area contributed by atoms with Crippen molar-refractivity contribution in [1.82, 2.24) is 10.2 Å². The minimum atomic E-state index is -1.17. The molecule has 11 heteroatoms. The van der Waals surface area contributed by atoms with Gasteiger partial charge in [-0.3, -0.25) is 9.59 Å². The molecule has 2 aromatic rings. The van der Waals surface area contributed by atoms with Crippen molar-refractivity contribution in [2.75, 3.05) is 33.9 Å². The Morgan fingerprint density at radius 2 is 1.78 bits per heavy atom. The van der Waals surface area contributed by atoms with Crippen LogP contribution in [0.1, 0.15) is 63.0 Å². The zero-order valence-corrected chi connectivity index (χ0v) is 28.6. The summed E-state index contributed by atoms with van der Waals surface area (Å²) in [5.41, 5.74) is 1.92. The van der Waals surface area contributed by atoms with E-state index in [9.17, 15) is 24.9 Å². The molecule has 2 amide bonds. The molecule has 45 heavy (non-hydrogen) atoms. The fourth-order valence-electron chi connectivity index (χ4n) is 5.54. The van der Waals surface area contributed by atoms with Gasteiger partial charge in [0.25, 0.3) is 0 Å². The smallest absolute Gasteiger partial charge is 0.247 e. The summed E-state index contributed by atoms with van der Waals surface area (Å²) in [4.78, 5) is 28.8. The number of methoxy groups -OCH3 is 2. The number of aliphatic hydroxyl groups is 3. The topological polar surface area (TPSA) is 138 Å². The number of unbranched alkanes of at least 4 members (excludes halogenated alkanes) is 4. The van der Waals surface area contributed by atoms with Crippen molar-refractivity contribution >= 4 is 34.4 Å². The number of carbonyl (C=O) groups is 2. The molecule has 3 unspecified atom stereocenters. The molecular weight excluding hydrogens is 691 g/mol. The van der Waals surface area contributed by atoms with Gasteiger partial charge in [0.05, 0.1) is 37.0 Å². The molecule has 0 heterocycles. The van der Waals surface area contributed by atoms with E-state index in [0.29, 0.717) is 51.3 Å². The molecule has 0 saturated heterocycles. The number of nitrogens with zero attached hydrogens (tertiary/aromatic N) is 1. The molecule has 1 aliphatic rings. The summed E-state index contributed by atoms with van der Waals surface area (Å²) in [5, 5.41) is 33.5. The highest BCUT2D eigenvalue weighted by Crippen LogP contribution is 2.37. The summed E-state index contributed by atoms with van der Waals surface area (Å²) >= 11 is 2.08. The number of benzene rings is 2. The Kier molecular flexibility index (Phi) is 15.4. The van der Waals surface area contributed by atoms with E-state index in [4.69, 9.17) is 14.2 Å². The molecule has 0 fully saturated rings. The first-order valence-corrected chi connectivity index (χ1v) is 16.7. The van der Waals surface area contributed by atoms with Crippen LogP contribution in [0.4, 0.5) is 0 Å². The molecule has 3 atom stereocenters. The molecule has 0 aliphatic heterocycles. The number of halogens is 1. The number of carbonyl (C=O) groups excluding carboxylic acids is 2.